The highest BCUT2D eigenvalue weighted by atomic mass is 16.2. The van der Waals surface area contributed by atoms with Crippen molar-refractivity contribution in [3.05, 3.63) is 58.7 Å². The van der Waals surface area contributed by atoms with Crippen LogP contribution in [0.15, 0.2) is 36.4 Å². The first kappa shape index (κ1) is 21.9. The number of benzene rings is 2. The monoisotopic (exact) mass is 444 g/mol. The molecule has 0 unspecified atom stereocenters. The highest BCUT2D eigenvalue weighted by molar-refractivity contribution is 6.51. The third-order valence-corrected chi connectivity index (χ3v) is 7.65. The second-order valence-corrected chi connectivity index (χ2v) is 9.90. The molecule has 0 atom stereocenters. The molecule has 6 rings (SSSR count). The molecule has 4 aliphatic rings. The molecule has 172 valence electrons. The van der Waals surface area contributed by atoms with Crippen molar-refractivity contribution >= 4 is 29.0 Å². The van der Waals surface area contributed by atoms with Gasteiger partial charge < -0.3 is 10.6 Å². The predicted molar refractivity (Wildman–Crippen MR) is 130 cm³/mol. The van der Waals surface area contributed by atoms with Crippen LogP contribution in [0.3, 0.4) is 0 Å². The van der Waals surface area contributed by atoms with Crippen LogP contribution in [0.25, 0.3) is 0 Å². The Morgan fingerprint density at radius 1 is 0.636 bits per heavy atom. The van der Waals surface area contributed by atoms with Crippen LogP contribution < -0.4 is 10.6 Å². The van der Waals surface area contributed by atoms with E-state index < -0.39 is 11.7 Å². The van der Waals surface area contributed by atoms with E-state index >= 15 is 0 Å². The maximum atomic E-state index is 11.6. The number of nitrogens with one attached hydrogen (secondary N) is 2. The van der Waals surface area contributed by atoms with Gasteiger partial charge in [0.05, 0.1) is 17.7 Å². The van der Waals surface area contributed by atoms with E-state index in [0.29, 0.717) is 23.6 Å². The number of carbonyl (C=O) groups is 3. The zero-order valence-corrected chi connectivity index (χ0v) is 19.1. The van der Waals surface area contributed by atoms with E-state index in [9.17, 15) is 14.4 Å². The average Bonchev–Trinajstić information content (AvgIpc) is 3.37. The molecule has 0 radical (unpaired) electrons. The standard InChI is InChI=1S/C14H15NO2.C14H17NO/c16-13-11-8-10(9-4-2-1-3-5-9)6-7-12(11)15-14(13)17;16-14-9-12-8-11(6-7-13(12)15-14)10-4-2-1-3-5-10/h6-9H,1-5H2,(H,15,16,17);6-8,10H,1-5,9H2,(H,15,16). The molecule has 5 nitrogen and oxygen atoms in total. The van der Waals surface area contributed by atoms with Gasteiger partial charge in [-0.05, 0) is 72.4 Å². The molecule has 2 saturated carbocycles. The van der Waals surface area contributed by atoms with Gasteiger partial charge in [-0.25, -0.2) is 0 Å². The molecule has 0 bridgehead atoms. The molecule has 5 heteroatoms. The molecule has 0 spiro atoms. The SMILES string of the molecule is O=C1Cc2cc(C3CCCCC3)ccc2N1.O=C1Nc2ccc(C3CCCCC3)cc2C1=O. The van der Waals surface area contributed by atoms with Crippen LogP contribution >= 0.6 is 0 Å². The van der Waals surface area contributed by atoms with Gasteiger partial charge in [0.1, 0.15) is 0 Å². The molecule has 2 amide bonds. The Kier molecular flexibility index (Phi) is 6.30. The molecule has 0 aromatic heterocycles. The quantitative estimate of drug-likeness (QED) is 0.550. The summed E-state index contributed by atoms with van der Waals surface area (Å²) in [6.45, 7) is 0. The number of ketones is 1. The van der Waals surface area contributed by atoms with Gasteiger partial charge >= 0.3 is 0 Å². The molecular formula is C28H32N2O3. The second kappa shape index (κ2) is 9.50. The molecule has 2 N–H and O–H groups in total. The van der Waals surface area contributed by atoms with Crippen molar-refractivity contribution in [3.63, 3.8) is 0 Å². The molecule has 2 heterocycles. The molecule has 2 aliphatic heterocycles. The molecule has 33 heavy (non-hydrogen) atoms. The van der Waals surface area contributed by atoms with Gasteiger partial charge in [0.15, 0.2) is 0 Å². The van der Waals surface area contributed by atoms with Gasteiger partial charge in [-0.15, -0.1) is 0 Å². The van der Waals surface area contributed by atoms with Crippen molar-refractivity contribution in [2.24, 2.45) is 0 Å². The smallest absolute Gasteiger partial charge is 0.296 e. The topological polar surface area (TPSA) is 75.3 Å². The van der Waals surface area contributed by atoms with E-state index in [-0.39, 0.29) is 5.91 Å². The molecule has 2 aromatic carbocycles. The van der Waals surface area contributed by atoms with Crippen LogP contribution in [0.1, 0.15) is 103 Å². The molecule has 2 fully saturated rings. The predicted octanol–water partition coefficient (Wildman–Crippen LogP) is 6.10. The van der Waals surface area contributed by atoms with Crippen LogP contribution in [0.5, 0.6) is 0 Å². The Morgan fingerprint density at radius 3 is 1.85 bits per heavy atom. The maximum absolute atomic E-state index is 11.6. The number of anilines is 2. The summed E-state index contributed by atoms with van der Waals surface area (Å²) in [6, 6.07) is 12.3. The minimum absolute atomic E-state index is 0.135. The van der Waals surface area contributed by atoms with Crippen LogP contribution in [0.2, 0.25) is 0 Å². The fourth-order valence-corrected chi connectivity index (χ4v) is 5.79. The minimum Gasteiger partial charge on any atom is -0.326 e. The van der Waals surface area contributed by atoms with E-state index in [2.05, 4.69) is 28.8 Å². The van der Waals surface area contributed by atoms with E-state index in [4.69, 9.17) is 0 Å². The lowest BCUT2D eigenvalue weighted by molar-refractivity contribution is -0.115. The normalized spacial score (nSPS) is 20.4. The Bertz CT molecular complexity index is 1080. The van der Waals surface area contributed by atoms with Crippen LogP contribution in [-0.2, 0) is 16.0 Å². The Morgan fingerprint density at radius 2 is 1.21 bits per heavy atom. The number of fused-ring (bicyclic) bond motifs is 2. The van der Waals surface area contributed by atoms with Crippen molar-refractivity contribution in [1.82, 2.24) is 0 Å². The summed E-state index contributed by atoms with van der Waals surface area (Å²) in [7, 11) is 0. The summed E-state index contributed by atoms with van der Waals surface area (Å²) in [5.41, 5.74) is 6.08. The largest absolute Gasteiger partial charge is 0.326 e. The minimum atomic E-state index is -0.499. The average molecular weight is 445 g/mol. The first-order valence-electron chi connectivity index (χ1n) is 12.5. The van der Waals surface area contributed by atoms with E-state index in [1.165, 1.54) is 80.9 Å². The first-order chi connectivity index (χ1) is 16.1. The van der Waals surface area contributed by atoms with Gasteiger partial charge in [-0.2, -0.15) is 0 Å². The number of amides is 2. The van der Waals surface area contributed by atoms with Crippen molar-refractivity contribution in [3.8, 4) is 0 Å². The van der Waals surface area contributed by atoms with Crippen LogP contribution in [-0.4, -0.2) is 17.6 Å². The number of hydrogen-bond donors (Lipinski definition) is 2. The lowest BCUT2D eigenvalue weighted by Gasteiger charge is -2.22. The molecular weight excluding hydrogens is 412 g/mol. The number of carbonyl (C=O) groups excluding carboxylic acids is 3. The van der Waals surface area contributed by atoms with Crippen molar-refractivity contribution in [1.29, 1.82) is 0 Å². The lowest BCUT2D eigenvalue weighted by Crippen LogP contribution is -2.12. The second-order valence-electron chi connectivity index (χ2n) is 9.90. The summed E-state index contributed by atoms with van der Waals surface area (Å²) in [6.07, 6.45) is 13.6. The van der Waals surface area contributed by atoms with E-state index in [0.717, 1.165) is 11.6 Å². The van der Waals surface area contributed by atoms with Gasteiger partial charge in [0.2, 0.25) is 5.91 Å². The third-order valence-electron chi connectivity index (χ3n) is 7.65. The van der Waals surface area contributed by atoms with Crippen LogP contribution in [0.4, 0.5) is 11.4 Å². The van der Waals surface area contributed by atoms with Crippen LogP contribution in [0, 0.1) is 0 Å². The summed E-state index contributed by atoms with van der Waals surface area (Å²) in [5, 5.41) is 5.48. The summed E-state index contributed by atoms with van der Waals surface area (Å²) >= 11 is 0. The van der Waals surface area contributed by atoms with E-state index in [1.807, 2.05) is 18.2 Å². The third kappa shape index (κ3) is 4.73. The number of hydrogen-bond acceptors (Lipinski definition) is 3. The summed E-state index contributed by atoms with van der Waals surface area (Å²) in [5.74, 6) is 0.543. The zero-order chi connectivity index (χ0) is 22.8. The Labute approximate surface area is 195 Å². The van der Waals surface area contributed by atoms with Gasteiger partial charge in [0, 0.05) is 5.69 Å². The first-order valence-corrected chi connectivity index (χ1v) is 12.5. The highest BCUT2D eigenvalue weighted by Gasteiger charge is 2.29. The summed E-state index contributed by atoms with van der Waals surface area (Å²) in [4.78, 5) is 34.2. The lowest BCUT2D eigenvalue weighted by atomic mass is 9.83. The molecule has 2 aromatic rings. The van der Waals surface area contributed by atoms with Crippen molar-refractivity contribution in [2.75, 3.05) is 10.6 Å². The fourth-order valence-electron chi connectivity index (χ4n) is 5.79. The summed E-state index contributed by atoms with van der Waals surface area (Å²) < 4.78 is 0. The molecule has 0 saturated heterocycles. The van der Waals surface area contributed by atoms with Gasteiger partial charge in [-0.1, -0.05) is 56.7 Å². The van der Waals surface area contributed by atoms with Crippen molar-refractivity contribution in [2.45, 2.75) is 82.5 Å². The van der Waals surface area contributed by atoms with Gasteiger partial charge in [-0.3, -0.25) is 14.4 Å². The van der Waals surface area contributed by atoms with Gasteiger partial charge in [0.25, 0.3) is 11.7 Å². The van der Waals surface area contributed by atoms with E-state index in [1.54, 1.807) is 0 Å². The highest BCUT2D eigenvalue weighted by Crippen LogP contribution is 2.36. The van der Waals surface area contributed by atoms with Crippen molar-refractivity contribution < 1.29 is 14.4 Å². The molecule has 2 aliphatic carbocycles. The number of rotatable bonds is 2. The fraction of sp³-hybridized carbons (Fsp3) is 0.464. The Balaban J connectivity index is 0.000000139. The zero-order valence-electron chi connectivity index (χ0n) is 19.1. The maximum Gasteiger partial charge on any atom is 0.296 e. The number of Topliss-reactive ketones (excluding diaryl/α,β-unsaturated/α-hetero) is 1. The Hall–Kier alpha value is -2.95.